The van der Waals surface area contributed by atoms with E-state index in [0.29, 0.717) is 32.6 Å². The van der Waals surface area contributed by atoms with Gasteiger partial charge in [0.05, 0.1) is 25.2 Å². The van der Waals surface area contributed by atoms with E-state index in [9.17, 15) is 9.59 Å². The molecule has 2 aromatic rings. The van der Waals surface area contributed by atoms with Crippen molar-refractivity contribution in [3.8, 4) is 5.75 Å². The highest BCUT2D eigenvalue weighted by Crippen LogP contribution is 2.42. The van der Waals surface area contributed by atoms with Crippen molar-refractivity contribution in [1.29, 1.82) is 0 Å². The Bertz CT molecular complexity index is 902. The van der Waals surface area contributed by atoms with Crippen molar-refractivity contribution in [2.75, 3.05) is 19.0 Å². The van der Waals surface area contributed by atoms with Gasteiger partial charge < -0.3 is 19.5 Å². The second-order valence-electron chi connectivity index (χ2n) is 6.10. The van der Waals surface area contributed by atoms with Gasteiger partial charge in [-0.3, -0.25) is 9.59 Å². The number of nitrogens with one attached hydrogen (secondary N) is 1. The number of carbonyl (C=O) groups excluding carboxylic acids is 2. The zero-order valence-corrected chi connectivity index (χ0v) is 16.8. The molecule has 3 rings (SSSR count). The molecule has 0 saturated carbocycles. The van der Waals surface area contributed by atoms with Crippen molar-refractivity contribution in [2.24, 2.45) is 0 Å². The monoisotopic (exact) mass is 423 g/mol. The highest BCUT2D eigenvalue weighted by Gasteiger charge is 2.34. The number of halogens is 2. The van der Waals surface area contributed by atoms with Gasteiger partial charge in [0.2, 0.25) is 0 Å². The Morgan fingerprint density at radius 3 is 2.71 bits per heavy atom. The Labute approximate surface area is 172 Å². The lowest BCUT2D eigenvalue weighted by Crippen LogP contribution is -2.32. The number of esters is 1. The number of amides is 1. The number of anilines is 1. The van der Waals surface area contributed by atoms with Crippen molar-refractivity contribution in [2.45, 2.75) is 25.6 Å². The molecule has 1 aliphatic rings. The zero-order chi connectivity index (χ0) is 20.3. The Hall–Kier alpha value is -2.28. The van der Waals surface area contributed by atoms with Crippen molar-refractivity contribution < 1.29 is 23.8 Å². The average molecular weight is 424 g/mol. The van der Waals surface area contributed by atoms with Gasteiger partial charge in [0, 0.05) is 21.8 Å². The highest BCUT2D eigenvalue weighted by molar-refractivity contribution is 6.33. The first-order valence-corrected chi connectivity index (χ1v) is 9.44. The third kappa shape index (κ3) is 4.24. The van der Waals surface area contributed by atoms with Crippen LogP contribution in [0.25, 0.3) is 0 Å². The van der Waals surface area contributed by atoms with E-state index in [4.69, 9.17) is 37.4 Å². The maximum absolute atomic E-state index is 12.7. The summed E-state index contributed by atoms with van der Waals surface area (Å²) in [6, 6.07) is 10.3. The SMILES string of the molecule is CCOC(=O)CC1OC(c2cccc(OC)c2Cl)c2cc(Cl)ccc2NC1=O. The minimum Gasteiger partial charge on any atom is -0.495 e. The summed E-state index contributed by atoms with van der Waals surface area (Å²) in [5.41, 5.74) is 1.75. The average Bonchev–Trinajstić information content (AvgIpc) is 2.79. The molecule has 2 aromatic carbocycles. The summed E-state index contributed by atoms with van der Waals surface area (Å²) in [6.45, 7) is 1.91. The van der Waals surface area contributed by atoms with Gasteiger partial charge in [-0.15, -0.1) is 0 Å². The van der Waals surface area contributed by atoms with E-state index < -0.39 is 24.1 Å². The fraction of sp³-hybridized carbons (Fsp3) is 0.300. The molecule has 0 fully saturated rings. The maximum atomic E-state index is 12.7. The summed E-state index contributed by atoms with van der Waals surface area (Å²) >= 11 is 12.7. The second-order valence-corrected chi connectivity index (χ2v) is 6.91. The fourth-order valence-corrected chi connectivity index (χ4v) is 3.50. The number of carbonyl (C=O) groups is 2. The molecular weight excluding hydrogens is 405 g/mol. The molecule has 1 amide bonds. The molecule has 1 aliphatic heterocycles. The van der Waals surface area contributed by atoms with Gasteiger partial charge in [0.1, 0.15) is 18.0 Å². The summed E-state index contributed by atoms with van der Waals surface area (Å²) in [5.74, 6) is -0.503. The Kier molecular flexibility index (Phi) is 6.44. The first-order valence-electron chi connectivity index (χ1n) is 8.68. The topological polar surface area (TPSA) is 73.9 Å². The lowest BCUT2D eigenvalue weighted by Gasteiger charge is -2.23. The molecule has 0 radical (unpaired) electrons. The van der Waals surface area contributed by atoms with Crippen molar-refractivity contribution in [1.82, 2.24) is 0 Å². The molecule has 2 unspecified atom stereocenters. The fourth-order valence-electron chi connectivity index (χ4n) is 3.02. The van der Waals surface area contributed by atoms with Crippen molar-refractivity contribution in [3.05, 3.63) is 57.6 Å². The molecule has 0 aromatic heterocycles. The minimum atomic E-state index is -1.06. The van der Waals surface area contributed by atoms with Gasteiger partial charge in [0.15, 0.2) is 0 Å². The Morgan fingerprint density at radius 2 is 2.00 bits per heavy atom. The van der Waals surface area contributed by atoms with Gasteiger partial charge in [-0.05, 0) is 31.2 Å². The molecule has 1 heterocycles. The van der Waals surface area contributed by atoms with Gasteiger partial charge in [-0.1, -0.05) is 35.3 Å². The largest absolute Gasteiger partial charge is 0.495 e. The third-order valence-electron chi connectivity index (χ3n) is 4.30. The number of hydrogen-bond donors (Lipinski definition) is 1. The zero-order valence-electron chi connectivity index (χ0n) is 15.3. The molecule has 0 spiro atoms. The number of hydrogen-bond acceptors (Lipinski definition) is 5. The molecule has 1 N–H and O–H groups in total. The van der Waals surface area contributed by atoms with E-state index in [-0.39, 0.29) is 13.0 Å². The van der Waals surface area contributed by atoms with Crippen LogP contribution in [0.15, 0.2) is 36.4 Å². The lowest BCUT2D eigenvalue weighted by molar-refractivity contribution is -0.150. The van der Waals surface area contributed by atoms with Crippen LogP contribution in [0.3, 0.4) is 0 Å². The van der Waals surface area contributed by atoms with E-state index >= 15 is 0 Å². The predicted octanol–water partition coefficient (Wildman–Crippen LogP) is 4.38. The van der Waals surface area contributed by atoms with Crippen LogP contribution in [0.5, 0.6) is 5.75 Å². The smallest absolute Gasteiger partial charge is 0.308 e. The van der Waals surface area contributed by atoms with Gasteiger partial charge >= 0.3 is 5.97 Å². The standard InChI is InChI=1S/C20H19Cl2NO5/c1-3-27-17(24)10-16-20(25)23-14-8-7-11(21)9-13(14)19(28-16)12-5-4-6-15(26-2)18(12)22/h4-9,16,19H,3,10H2,1-2H3,(H,23,25). The summed E-state index contributed by atoms with van der Waals surface area (Å²) in [4.78, 5) is 24.6. The number of benzene rings is 2. The van der Waals surface area contributed by atoms with Gasteiger partial charge in [-0.25, -0.2) is 0 Å². The van der Waals surface area contributed by atoms with E-state index in [1.807, 2.05) is 0 Å². The molecule has 2 atom stereocenters. The van der Waals surface area contributed by atoms with Gasteiger partial charge in [-0.2, -0.15) is 0 Å². The molecule has 0 aliphatic carbocycles. The Balaban J connectivity index is 2.08. The molecular formula is C20H19Cl2NO5. The molecule has 148 valence electrons. The minimum absolute atomic E-state index is 0.216. The molecule has 28 heavy (non-hydrogen) atoms. The van der Waals surface area contributed by atoms with Crippen LogP contribution < -0.4 is 10.1 Å². The summed E-state index contributed by atoms with van der Waals surface area (Å²) in [6.07, 6.45) is -2.02. The van der Waals surface area contributed by atoms with Crippen molar-refractivity contribution >= 4 is 40.8 Å². The Morgan fingerprint density at radius 1 is 1.21 bits per heavy atom. The van der Waals surface area contributed by atoms with Crippen LogP contribution >= 0.6 is 23.2 Å². The number of methoxy groups -OCH3 is 1. The number of fused-ring (bicyclic) bond motifs is 1. The first-order chi connectivity index (χ1) is 13.4. The molecule has 6 nitrogen and oxygen atoms in total. The highest BCUT2D eigenvalue weighted by atomic mass is 35.5. The van der Waals surface area contributed by atoms with E-state index in [0.717, 1.165) is 0 Å². The summed E-state index contributed by atoms with van der Waals surface area (Å²) in [7, 11) is 1.51. The van der Waals surface area contributed by atoms with Crippen LogP contribution in [-0.2, 0) is 19.1 Å². The van der Waals surface area contributed by atoms with Crippen LogP contribution in [0.1, 0.15) is 30.6 Å². The third-order valence-corrected chi connectivity index (χ3v) is 4.94. The quantitative estimate of drug-likeness (QED) is 0.722. The first kappa shape index (κ1) is 20.5. The van der Waals surface area contributed by atoms with Crippen LogP contribution in [0, 0.1) is 0 Å². The second kappa shape index (κ2) is 8.82. The normalized spacial score (nSPS) is 18.6. The molecule has 0 saturated heterocycles. The predicted molar refractivity (Wildman–Crippen MR) is 106 cm³/mol. The number of ether oxygens (including phenoxy) is 3. The number of rotatable bonds is 5. The van der Waals surface area contributed by atoms with Crippen LogP contribution in [0.2, 0.25) is 10.0 Å². The summed E-state index contributed by atoms with van der Waals surface area (Å²) in [5, 5.41) is 3.62. The maximum Gasteiger partial charge on any atom is 0.308 e. The van der Waals surface area contributed by atoms with E-state index in [1.165, 1.54) is 7.11 Å². The van der Waals surface area contributed by atoms with E-state index in [1.54, 1.807) is 43.3 Å². The molecule has 0 bridgehead atoms. The van der Waals surface area contributed by atoms with Crippen LogP contribution in [-0.4, -0.2) is 31.7 Å². The molecule has 8 heteroatoms. The lowest BCUT2D eigenvalue weighted by atomic mass is 9.99. The van der Waals surface area contributed by atoms with Gasteiger partial charge in [0.25, 0.3) is 5.91 Å². The summed E-state index contributed by atoms with van der Waals surface area (Å²) < 4.78 is 16.3. The van der Waals surface area contributed by atoms with Crippen LogP contribution in [0.4, 0.5) is 5.69 Å². The van der Waals surface area contributed by atoms with E-state index in [2.05, 4.69) is 5.32 Å². The van der Waals surface area contributed by atoms with Crippen molar-refractivity contribution in [3.63, 3.8) is 0 Å².